The maximum atomic E-state index is 12.2. The second-order valence-corrected chi connectivity index (χ2v) is 12.5. The molecule has 0 radical (unpaired) electrons. The first-order valence-corrected chi connectivity index (χ1v) is 16.7. The van der Waals surface area contributed by atoms with Crippen LogP contribution >= 0.6 is 19.8 Å². The van der Waals surface area contributed by atoms with E-state index in [0.717, 1.165) is 16.7 Å². The molecule has 0 bridgehead atoms. The molecule has 0 heterocycles. The van der Waals surface area contributed by atoms with Crippen molar-refractivity contribution in [2.24, 2.45) is 0 Å². The summed E-state index contributed by atoms with van der Waals surface area (Å²) in [6, 6.07) is 15.0. The van der Waals surface area contributed by atoms with Crippen molar-refractivity contribution in [3.63, 3.8) is 0 Å². The third-order valence-corrected chi connectivity index (χ3v) is 5.49. The van der Waals surface area contributed by atoms with E-state index in [-0.39, 0.29) is 46.2 Å². The van der Waals surface area contributed by atoms with E-state index in [1.54, 1.807) is 35.6 Å². The largest absolute Gasteiger partial charge is 0.429 e. The predicted octanol–water partition coefficient (Wildman–Crippen LogP) is 9.03. The molecule has 0 aliphatic heterocycles. The molecule has 0 aliphatic rings. The summed E-state index contributed by atoms with van der Waals surface area (Å²) in [7, 11) is 2.50. The summed E-state index contributed by atoms with van der Waals surface area (Å²) in [5.74, 6) is -1.16. The first kappa shape index (κ1) is 40.3. The second kappa shape index (κ2) is 19.7. The normalized spacial score (nSPS) is 9.62. The average molecular weight is 677 g/mol. The van der Waals surface area contributed by atoms with Gasteiger partial charge in [-0.3, -0.25) is 4.79 Å². The van der Waals surface area contributed by atoms with Crippen LogP contribution in [0.3, 0.4) is 0 Å². The van der Waals surface area contributed by atoms with Crippen molar-refractivity contribution in [3.8, 4) is 45.3 Å². The molecule has 248 valence electrons. The van der Waals surface area contributed by atoms with E-state index in [2.05, 4.69) is 34.8 Å². The first-order valence-electron chi connectivity index (χ1n) is 14.0. The minimum Gasteiger partial charge on any atom is -0.429 e. The molecule has 3 rings (SSSR count). The standard InChI is InChI=1S/C32H28O8.C4H8.CH5PS/c1-18(2)30(34)38-26-11-23(12-27(16-26)39-31(35)19(3)4)22-8-9-29(21(7)10-22)24-13-25(37-17-33)15-28(14-24)40-32(36)20(5)6;1-4(2)3;1-3-2/h8-17H,1,3,5H2,2,4,6-7H3;1H2,2-3H3;2H2,1H3. The molecule has 8 nitrogen and oxygen atoms in total. The van der Waals surface area contributed by atoms with Gasteiger partial charge in [0.25, 0.3) is 6.47 Å². The molecule has 1 atom stereocenters. The zero-order valence-corrected chi connectivity index (χ0v) is 29.8. The maximum Gasteiger partial charge on any atom is 0.338 e. The summed E-state index contributed by atoms with van der Waals surface area (Å²) in [5, 5.41) is 0. The minimum atomic E-state index is -0.624. The summed E-state index contributed by atoms with van der Waals surface area (Å²) >= 11 is 1.67. The summed E-state index contributed by atoms with van der Waals surface area (Å²) in [5.41, 5.74) is 5.37. The molecule has 47 heavy (non-hydrogen) atoms. The highest BCUT2D eigenvalue weighted by molar-refractivity contribution is 8.43. The Morgan fingerprint density at radius 2 is 1.00 bits per heavy atom. The molecule has 0 N–H and O–H groups in total. The van der Waals surface area contributed by atoms with Gasteiger partial charge in [0.15, 0.2) is 0 Å². The molecule has 0 saturated heterocycles. The lowest BCUT2D eigenvalue weighted by Crippen LogP contribution is -2.10. The zero-order chi connectivity index (χ0) is 35.8. The smallest absolute Gasteiger partial charge is 0.338 e. The van der Waals surface area contributed by atoms with Crippen molar-refractivity contribution in [1.29, 1.82) is 0 Å². The van der Waals surface area contributed by atoms with Gasteiger partial charge in [-0.15, -0.1) is 18.0 Å². The van der Waals surface area contributed by atoms with Crippen LogP contribution in [0.15, 0.2) is 103 Å². The number of hydrogen-bond donors (Lipinski definition) is 0. The summed E-state index contributed by atoms with van der Waals surface area (Å²) < 4.78 is 21.2. The van der Waals surface area contributed by atoms with Crippen LogP contribution in [0, 0.1) is 6.92 Å². The maximum absolute atomic E-state index is 12.2. The molecular formula is C37H41O8PS. The fraction of sp³-hybridized carbons (Fsp3) is 0.189. The fourth-order valence-corrected chi connectivity index (χ4v) is 3.52. The van der Waals surface area contributed by atoms with E-state index >= 15 is 0 Å². The highest BCUT2D eigenvalue weighted by atomic mass is 32.7. The van der Waals surface area contributed by atoms with E-state index in [4.69, 9.17) is 18.9 Å². The number of carbonyl (C=O) groups excluding carboxylic acids is 4. The molecule has 0 saturated carbocycles. The Morgan fingerprint density at radius 3 is 1.36 bits per heavy atom. The number of esters is 3. The molecule has 3 aromatic carbocycles. The Balaban J connectivity index is 0.00000144. The average Bonchev–Trinajstić information content (AvgIpc) is 2.97. The van der Waals surface area contributed by atoms with Crippen LogP contribution in [-0.4, -0.2) is 30.6 Å². The van der Waals surface area contributed by atoms with Gasteiger partial charge in [-0.1, -0.05) is 52.0 Å². The third kappa shape index (κ3) is 14.1. The number of benzene rings is 3. The van der Waals surface area contributed by atoms with Crippen molar-refractivity contribution >= 4 is 44.2 Å². The quantitative estimate of drug-likeness (QED) is 0.0519. The molecule has 0 spiro atoms. The van der Waals surface area contributed by atoms with Gasteiger partial charge in [0.1, 0.15) is 23.0 Å². The lowest BCUT2D eigenvalue weighted by atomic mass is 9.95. The lowest BCUT2D eigenvalue weighted by molar-refractivity contribution is -0.131. The van der Waals surface area contributed by atoms with Crippen LogP contribution in [0.25, 0.3) is 22.3 Å². The summed E-state index contributed by atoms with van der Waals surface area (Å²) in [6.45, 7) is 25.0. The van der Waals surface area contributed by atoms with Gasteiger partial charge in [0, 0.05) is 28.9 Å². The van der Waals surface area contributed by atoms with E-state index in [9.17, 15) is 19.2 Å². The van der Waals surface area contributed by atoms with Crippen LogP contribution in [0.1, 0.15) is 40.2 Å². The van der Waals surface area contributed by atoms with Crippen molar-refractivity contribution in [3.05, 3.63) is 109 Å². The van der Waals surface area contributed by atoms with E-state index < -0.39 is 17.9 Å². The monoisotopic (exact) mass is 676 g/mol. The first-order chi connectivity index (χ1) is 22.0. The Morgan fingerprint density at radius 1 is 0.638 bits per heavy atom. The van der Waals surface area contributed by atoms with Gasteiger partial charge >= 0.3 is 17.9 Å². The third-order valence-electron chi connectivity index (χ3n) is 5.49. The topological polar surface area (TPSA) is 105 Å². The van der Waals surface area contributed by atoms with E-state index in [1.165, 1.54) is 38.5 Å². The second-order valence-electron chi connectivity index (χ2n) is 10.6. The van der Waals surface area contributed by atoms with Crippen molar-refractivity contribution < 1.29 is 38.1 Å². The predicted molar refractivity (Wildman–Crippen MR) is 194 cm³/mol. The SMILES string of the molecule is C=C(C)C.C=C(C)C(=O)Oc1cc(OC(=O)C(=C)C)cc(-c2ccc(-c3cc(OC=O)cc(OC(=O)C(=C)C)c3)c(C)c2)c1.CSP. The molecule has 0 fully saturated rings. The minimum absolute atomic E-state index is 0.166. The number of aryl methyl sites for hydroxylation is 1. The highest BCUT2D eigenvalue weighted by Gasteiger charge is 2.15. The van der Waals surface area contributed by atoms with Gasteiger partial charge in [-0.2, -0.15) is 0 Å². The van der Waals surface area contributed by atoms with Gasteiger partial charge in [0.05, 0.1) is 0 Å². The Kier molecular flexibility index (Phi) is 16.9. The number of hydrogen-bond acceptors (Lipinski definition) is 9. The van der Waals surface area contributed by atoms with Gasteiger partial charge in [-0.25, -0.2) is 14.4 Å². The molecule has 3 aromatic rings. The number of rotatable bonds is 10. The van der Waals surface area contributed by atoms with Crippen molar-refractivity contribution in [2.45, 2.75) is 41.5 Å². The Hall–Kier alpha value is -4.72. The van der Waals surface area contributed by atoms with Crippen molar-refractivity contribution in [1.82, 2.24) is 0 Å². The highest BCUT2D eigenvalue weighted by Crippen LogP contribution is 2.36. The van der Waals surface area contributed by atoms with Crippen LogP contribution in [0.2, 0.25) is 0 Å². The van der Waals surface area contributed by atoms with Gasteiger partial charge < -0.3 is 18.9 Å². The molecule has 0 aliphatic carbocycles. The number of ether oxygens (including phenoxy) is 4. The van der Waals surface area contributed by atoms with Crippen LogP contribution < -0.4 is 18.9 Å². The van der Waals surface area contributed by atoms with E-state index in [0.29, 0.717) is 11.1 Å². The summed E-state index contributed by atoms with van der Waals surface area (Å²) in [6.07, 6.45) is 2.00. The van der Waals surface area contributed by atoms with Crippen LogP contribution in [-0.2, 0) is 19.2 Å². The molecular weight excluding hydrogens is 635 g/mol. The lowest BCUT2D eigenvalue weighted by Gasteiger charge is -2.14. The zero-order valence-electron chi connectivity index (χ0n) is 27.9. The van der Waals surface area contributed by atoms with Crippen LogP contribution in [0.5, 0.6) is 23.0 Å². The van der Waals surface area contributed by atoms with Gasteiger partial charge in [-0.05, 0) is 99.9 Å². The molecule has 0 amide bonds. The Bertz CT molecular complexity index is 1640. The summed E-state index contributed by atoms with van der Waals surface area (Å²) in [4.78, 5) is 47.3. The van der Waals surface area contributed by atoms with Crippen LogP contribution in [0.4, 0.5) is 0 Å². The van der Waals surface area contributed by atoms with Gasteiger partial charge in [0.2, 0.25) is 0 Å². The molecule has 0 aromatic heterocycles. The molecule has 1 unspecified atom stereocenters. The Labute approximate surface area is 283 Å². The number of allylic oxidation sites excluding steroid dienone is 1. The van der Waals surface area contributed by atoms with E-state index in [1.807, 2.05) is 45.2 Å². The fourth-order valence-electron chi connectivity index (χ4n) is 3.52. The molecule has 10 heteroatoms. The van der Waals surface area contributed by atoms with Crippen molar-refractivity contribution in [2.75, 3.05) is 6.26 Å². The number of carbonyl (C=O) groups is 4.